The Morgan fingerprint density at radius 1 is 1.19 bits per heavy atom. The summed E-state index contributed by atoms with van der Waals surface area (Å²) in [6.45, 7) is 3.08. The lowest BCUT2D eigenvalue weighted by molar-refractivity contribution is -0.129. The molecule has 2 aromatic heterocycles. The van der Waals surface area contributed by atoms with E-state index in [1.807, 2.05) is 19.1 Å². The zero-order valence-corrected chi connectivity index (χ0v) is 21.1. The highest BCUT2D eigenvalue weighted by Crippen LogP contribution is 2.53. The SMILES string of the molecule is COc1cc(OC)c2c(c1Cl)OC1(C(=O)C=C(N3CC(c4nc(-c5cccnc5)no4)C3)CC1C)C2=O. The molecule has 6 rings (SSSR count). The average molecular weight is 523 g/mol. The Morgan fingerprint density at radius 2 is 1.97 bits per heavy atom. The molecule has 11 heteroatoms. The van der Waals surface area contributed by atoms with Crippen molar-refractivity contribution in [1.82, 2.24) is 20.0 Å². The predicted molar refractivity (Wildman–Crippen MR) is 131 cm³/mol. The number of hydrogen-bond acceptors (Lipinski definition) is 10. The number of halogens is 1. The van der Waals surface area contributed by atoms with Crippen molar-refractivity contribution in [2.45, 2.75) is 24.9 Å². The number of nitrogens with zero attached hydrogens (tertiary/aromatic N) is 4. The number of hydrogen-bond donors (Lipinski definition) is 0. The van der Waals surface area contributed by atoms with Gasteiger partial charge in [0.25, 0.3) is 0 Å². The molecule has 0 radical (unpaired) electrons. The third-order valence-electron chi connectivity index (χ3n) is 7.29. The highest BCUT2D eigenvalue weighted by atomic mass is 35.5. The van der Waals surface area contributed by atoms with Crippen LogP contribution >= 0.6 is 11.6 Å². The standard InChI is InChI=1S/C26H23ClN4O6/c1-13-7-16(31-11-15(12-31)25-29-24(30-37-25)14-5-4-6-28-10-14)8-19(32)26(13)23(33)20-17(34-2)9-18(35-3)21(27)22(20)36-26/h4-6,8-10,13,15H,7,11-12H2,1-3H3. The van der Waals surface area contributed by atoms with Crippen LogP contribution in [-0.4, -0.2) is 64.5 Å². The molecule has 0 N–H and O–H groups in total. The zero-order chi connectivity index (χ0) is 25.9. The third-order valence-corrected chi connectivity index (χ3v) is 7.65. The van der Waals surface area contributed by atoms with E-state index in [9.17, 15) is 9.59 Å². The van der Waals surface area contributed by atoms with Crippen LogP contribution in [0.2, 0.25) is 5.02 Å². The summed E-state index contributed by atoms with van der Waals surface area (Å²) in [5, 5.41) is 4.20. The molecule has 1 saturated heterocycles. The van der Waals surface area contributed by atoms with E-state index in [-0.39, 0.29) is 28.0 Å². The average Bonchev–Trinajstić information content (AvgIpc) is 3.47. The highest BCUT2D eigenvalue weighted by molar-refractivity contribution is 6.36. The summed E-state index contributed by atoms with van der Waals surface area (Å²) in [6, 6.07) is 5.21. The maximum absolute atomic E-state index is 13.6. The van der Waals surface area contributed by atoms with E-state index in [1.165, 1.54) is 26.4 Å². The molecule has 3 aliphatic rings. The number of fused-ring (bicyclic) bond motifs is 1. The fourth-order valence-electron chi connectivity index (χ4n) is 5.21. The number of ketones is 2. The van der Waals surface area contributed by atoms with Crippen LogP contribution in [0.3, 0.4) is 0 Å². The van der Waals surface area contributed by atoms with E-state index in [0.29, 0.717) is 37.0 Å². The summed E-state index contributed by atoms with van der Waals surface area (Å²) in [5.74, 6) is 0.443. The van der Waals surface area contributed by atoms with E-state index in [1.54, 1.807) is 12.4 Å². The molecule has 0 amide bonds. The van der Waals surface area contributed by atoms with Gasteiger partial charge in [0.2, 0.25) is 28.9 Å². The number of pyridine rings is 1. The highest BCUT2D eigenvalue weighted by Gasteiger charge is 2.60. The fraction of sp³-hybridized carbons (Fsp3) is 0.346. The van der Waals surface area contributed by atoms with Crippen molar-refractivity contribution in [3.8, 4) is 28.6 Å². The Kier molecular flexibility index (Phi) is 5.45. The van der Waals surface area contributed by atoms with Crippen LogP contribution in [0.25, 0.3) is 11.4 Å². The number of carbonyl (C=O) groups excluding carboxylic acids is 2. The van der Waals surface area contributed by atoms with Gasteiger partial charge in [0, 0.05) is 54.8 Å². The Balaban J connectivity index is 1.22. The van der Waals surface area contributed by atoms with Crippen LogP contribution in [0.15, 0.2) is 46.9 Å². The van der Waals surface area contributed by atoms with Gasteiger partial charge in [0.15, 0.2) is 5.75 Å². The summed E-state index contributed by atoms with van der Waals surface area (Å²) in [4.78, 5) is 37.9. The third kappa shape index (κ3) is 3.42. The summed E-state index contributed by atoms with van der Waals surface area (Å²) in [5.41, 5.74) is 0.0966. The summed E-state index contributed by atoms with van der Waals surface area (Å²) < 4.78 is 22.3. The second kappa shape index (κ2) is 8.58. The minimum absolute atomic E-state index is 0.0456. The molecule has 1 fully saturated rings. The van der Waals surface area contributed by atoms with Crippen molar-refractivity contribution in [2.75, 3.05) is 27.3 Å². The van der Waals surface area contributed by atoms with Crippen LogP contribution in [0.4, 0.5) is 0 Å². The molecule has 0 saturated carbocycles. The van der Waals surface area contributed by atoms with E-state index in [2.05, 4.69) is 20.0 Å². The van der Waals surface area contributed by atoms with Gasteiger partial charge in [-0.05, 0) is 18.6 Å². The minimum Gasteiger partial charge on any atom is -0.496 e. The van der Waals surface area contributed by atoms with E-state index >= 15 is 0 Å². The molecule has 2 aliphatic heterocycles. The molecular formula is C26H23ClN4O6. The molecule has 4 heterocycles. The van der Waals surface area contributed by atoms with Crippen molar-refractivity contribution in [3.05, 3.63) is 58.8 Å². The van der Waals surface area contributed by atoms with Gasteiger partial charge < -0.3 is 23.6 Å². The van der Waals surface area contributed by atoms with Gasteiger partial charge >= 0.3 is 0 Å². The number of Topliss-reactive ketones (excluding diaryl/α,β-unsaturated/α-hetero) is 1. The van der Waals surface area contributed by atoms with Crippen molar-refractivity contribution in [1.29, 1.82) is 0 Å². The maximum Gasteiger partial charge on any atom is 0.236 e. The van der Waals surface area contributed by atoms with Crippen molar-refractivity contribution in [3.63, 3.8) is 0 Å². The Labute approximate surface area is 217 Å². The van der Waals surface area contributed by atoms with Crippen LogP contribution in [-0.2, 0) is 4.79 Å². The number of methoxy groups -OCH3 is 2. The van der Waals surface area contributed by atoms with E-state index < -0.39 is 23.1 Å². The monoisotopic (exact) mass is 522 g/mol. The smallest absolute Gasteiger partial charge is 0.236 e. The Morgan fingerprint density at radius 3 is 2.65 bits per heavy atom. The number of allylic oxidation sites excluding steroid dienone is 1. The number of likely N-dealkylation sites (tertiary alicyclic amines) is 1. The van der Waals surface area contributed by atoms with Gasteiger partial charge in [0.1, 0.15) is 22.1 Å². The van der Waals surface area contributed by atoms with Gasteiger partial charge in [-0.1, -0.05) is 23.7 Å². The largest absolute Gasteiger partial charge is 0.496 e. The lowest BCUT2D eigenvalue weighted by atomic mass is 9.73. The fourth-order valence-corrected chi connectivity index (χ4v) is 5.47. The first-order valence-electron chi connectivity index (χ1n) is 11.8. The van der Waals surface area contributed by atoms with Crippen molar-refractivity contribution in [2.24, 2.45) is 5.92 Å². The first-order chi connectivity index (χ1) is 17.9. The van der Waals surface area contributed by atoms with Gasteiger partial charge in [-0.2, -0.15) is 4.98 Å². The van der Waals surface area contributed by atoms with Crippen molar-refractivity contribution >= 4 is 23.2 Å². The van der Waals surface area contributed by atoms with Crippen LogP contribution in [0.5, 0.6) is 17.2 Å². The van der Waals surface area contributed by atoms with E-state index in [4.69, 9.17) is 30.3 Å². The number of benzene rings is 1. The second-order valence-electron chi connectivity index (χ2n) is 9.37. The quantitative estimate of drug-likeness (QED) is 0.459. The number of aromatic nitrogens is 3. The van der Waals surface area contributed by atoms with Gasteiger partial charge in [-0.15, -0.1) is 0 Å². The number of carbonyl (C=O) groups is 2. The van der Waals surface area contributed by atoms with Gasteiger partial charge in [-0.3, -0.25) is 14.6 Å². The molecule has 1 aliphatic carbocycles. The lowest BCUT2D eigenvalue weighted by Crippen LogP contribution is -2.56. The Hall–Kier alpha value is -3.92. The van der Waals surface area contributed by atoms with Crippen LogP contribution in [0, 0.1) is 5.92 Å². The van der Waals surface area contributed by atoms with Crippen molar-refractivity contribution < 1.29 is 28.3 Å². The summed E-state index contributed by atoms with van der Waals surface area (Å²) in [6.07, 6.45) is 5.34. The maximum atomic E-state index is 13.6. The summed E-state index contributed by atoms with van der Waals surface area (Å²) in [7, 11) is 2.89. The number of ether oxygens (including phenoxy) is 3. The van der Waals surface area contributed by atoms with Gasteiger partial charge in [-0.25, -0.2) is 0 Å². The zero-order valence-electron chi connectivity index (χ0n) is 20.4. The van der Waals surface area contributed by atoms with Gasteiger partial charge in [0.05, 0.1) is 20.1 Å². The van der Waals surface area contributed by atoms with Crippen LogP contribution in [0.1, 0.15) is 35.5 Å². The molecule has 2 atom stereocenters. The van der Waals surface area contributed by atoms with E-state index in [0.717, 1.165) is 11.3 Å². The molecule has 10 nitrogen and oxygen atoms in total. The Bertz CT molecular complexity index is 1450. The first-order valence-corrected chi connectivity index (χ1v) is 12.2. The minimum atomic E-state index is -1.69. The topological polar surface area (TPSA) is 117 Å². The molecule has 1 aromatic carbocycles. The second-order valence-corrected chi connectivity index (χ2v) is 9.75. The molecular weight excluding hydrogens is 500 g/mol. The molecule has 3 aromatic rings. The first kappa shape index (κ1) is 23.5. The lowest BCUT2D eigenvalue weighted by Gasteiger charge is -2.44. The van der Waals surface area contributed by atoms with Crippen LogP contribution < -0.4 is 14.2 Å². The predicted octanol–water partition coefficient (Wildman–Crippen LogP) is 3.71. The number of rotatable bonds is 5. The molecule has 37 heavy (non-hydrogen) atoms. The normalized spacial score (nSPS) is 23.0. The molecule has 1 spiro atoms. The molecule has 190 valence electrons. The molecule has 2 unspecified atom stereocenters. The molecule has 0 bridgehead atoms. The summed E-state index contributed by atoms with van der Waals surface area (Å²) >= 11 is 6.46.